The molecule has 21 heavy (non-hydrogen) atoms. The molecule has 0 aliphatic heterocycles. The molecule has 1 fully saturated rings. The van der Waals surface area contributed by atoms with E-state index in [4.69, 9.17) is 15.2 Å². The summed E-state index contributed by atoms with van der Waals surface area (Å²) >= 11 is 0. The van der Waals surface area contributed by atoms with Crippen LogP contribution < -0.4 is 19.9 Å². The summed E-state index contributed by atoms with van der Waals surface area (Å²) < 4.78 is 38.1. The third-order valence-corrected chi connectivity index (χ3v) is 4.96. The van der Waals surface area contributed by atoms with Crippen LogP contribution in [0.1, 0.15) is 12.8 Å². The molecule has 1 aromatic rings. The van der Waals surface area contributed by atoms with E-state index < -0.39 is 10.0 Å². The minimum Gasteiger partial charge on any atom is -0.495 e. The van der Waals surface area contributed by atoms with E-state index in [2.05, 4.69) is 4.72 Å². The Hall–Kier alpha value is -1.02. The molecule has 1 aliphatic carbocycles. The lowest BCUT2D eigenvalue weighted by Gasteiger charge is -2.19. The number of methoxy groups -OCH3 is 2. The highest BCUT2D eigenvalue weighted by Gasteiger charge is 2.35. The van der Waals surface area contributed by atoms with E-state index in [1.165, 1.54) is 14.2 Å². The third kappa shape index (κ3) is 4.00. The fourth-order valence-electron chi connectivity index (χ4n) is 2.18. The van der Waals surface area contributed by atoms with Crippen molar-refractivity contribution in [3.63, 3.8) is 0 Å². The van der Waals surface area contributed by atoms with Gasteiger partial charge in [-0.15, -0.1) is 12.4 Å². The molecule has 1 saturated carbocycles. The Morgan fingerprint density at radius 1 is 1.29 bits per heavy atom. The second-order valence-corrected chi connectivity index (χ2v) is 6.44. The number of ether oxygens (including phenoxy) is 2. The summed E-state index contributed by atoms with van der Waals surface area (Å²) in [6.07, 6.45) is 2.01. The summed E-state index contributed by atoms with van der Waals surface area (Å²) in [6, 6.07) is 4.62. The van der Waals surface area contributed by atoms with Crippen LogP contribution in [0.15, 0.2) is 23.1 Å². The Kier molecular flexibility index (Phi) is 6.27. The molecule has 2 rings (SSSR count). The normalized spacial score (nSPS) is 16.0. The maximum atomic E-state index is 12.6. The van der Waals surface area contributed by atoms with Crippen molar-refractivity contribution in [3.05, 3.63) is 18.2 Å². The van der Waals surface area contributed by atoms with Crippen molar-refractivity contribution in [3.8, 4) is 11.5 Å². The molecule has 8 heteroatoms. The van der Waals surface area contributed by atoms with Gasteiger partial charge in [-0.1, -0.05) is 6.07 Å². The molecule has 0 amide bonds. The number of hydrogen-bond donors (Lipinski definition) is 2. The largest absolute Gasteiger partial charge is 0.495 e. The van der Waals surface area contributed by atoms with E-state index in [1.54, 1.807) is 18.2 Å². The maximum Gasteiger partial charge on any atom is 0.248 e. The molecule has 0 saturated heterocycles. The molecule has 6 nitrogen and oxygen atoms in total. The van der Waals surface area contributed by atoms with E-state index in [0.29, 0.717) is 5.92 Å². The first kappa shape index (κ1) is 18.0. The van der Waals surface area contributed by atoms with Crippen LogP contribution >= 0.6 is 12.4 Å². The SMILES string of the molecule is COc1cccc(OC)c1S(=O)(=O)NC(CN)C1CC1.Cl. The molecule has 0 heterocycles. The van der Waals surface area contributed by atoms with Crippen molar-refractivity contribution >= 4 is 22.4 Å². The summed E-state index contributed by atoms with van der Waals surface area (Å²) in [5.74, 6) is 0.835. The van der Waals surface area contributed by atoms with Crippen molar-refractivity contribution in [2.24, 2.45) is 11.7 Å². The molecular weight excluding hydrogens is 316 g/mol. The average molecular weight is 337 g/mol. The van der Waals surface area contributed by atoms with Gasteiger partial charge >= 0.3 is 0 Å². The Morgan fingerprint density at radius 2 is 1.81 bits per heavy atom. The van der Waals surface area contributed by atoms with Gasteiger partial charge in [-0.25, -0.2) is 13.1 Å². The molecule has 1 atom stereocenters. The van der Waals surface area contributed by atoms with Gasteiger partial charge in [0, 0.05) is 12.6 Å². The Labute approximate surface area is 131 Å². The molecule has 0 aromatic heterocycles. The van der Waals surface area contributed by atoms with Gasteiger partial charge in [-0.05, 0) is 30.9 Å². The van der Waals surface area contributed by atoms with Crippen LogP contribution in [0.3, 0.4) is 0 Å². The van der Waals surface area contributed by atoms with E-state index >= 15 is 0 Å². The highest BCUT2D eigenvalue weighted by molar-refractivity contribution is 7.89. The molecule has 1 unspecified atom stereocenters. The zero-order valence-electron chi connectivity index (χ0n) is 12.0. The fraction of sp³-hybridized carbons (Fsp3) is 0.538. The van der Waals surface area contributed by atoms with Gasteiger partial charge in [0.2, 0.25) is 10.0 Å². The summed E-state index contributed by atoms with van der Waals surface area (Å²) in [4.78, 5) is 0.0177. The van der Waals surface area contributed by atoms with E-state index in [-0.39, 0.29) is 41.4 Å². The van der Waals surface area contributed by atoms with Gasteiger partial charge < -0.3 is 15.2 Å². The van der Waals surface area contributed by atoms with Crippen molar-refractivity contribution < 1.29 is 17.9 Å². The number of nitrogens with one attached hydrogen (secondary N) is 1. The van der Waals surface area contributed by atoms with Crippen LogP contribution in [0.4, 0.5) is 0 Å². The van der Waals surface area contributed by atoms with Crippen molar-refractivity contribution in [1.29, 1.82) is 0 Å². The van der Waals surface area contributed by atoms with Crippen LogP contribution in [0.25, 0.3) is 0 Å². The molecule has 1 aliphatic rings. The van der Waals surface area contributed by atoms with Gasteiger partial charge in [0.1, 0.15) is 11.5 Å². The highest BCUT2D eigenvalue weighted by atomic mass is 35.5. The van der Waals surface area contributed by atoms with Crippen molar-refractivity contribution in [1.82, 2.24) is 4.72 Å². The first-order valence-electron chi connectivity index (χ1n) is 6.47. The minimum absolute atomic E-state index is 0. The number of benzene rings is 1. The first-order chi connectivity index (χ1) is 9.53. The third-order valence-electron chi connectivity index (χ3n) is 3.40. The minimum atomic E-state index is -3.74. The van der Waals surface area contributed by atoms with Gasteiger partial charge in [-0.3, -0.25) is 0 Å². The molecule has 3 N–H and O–H groups in total. The number of hydrogen-bond acceptors (Lipinski definition) is 5. The number of halogens is 1. The summed E-state index contributed by atoms with van der Waals surface area (Å²) in [6.45, 7) is 0.279. The van der Waals surface area contributed by atoms with Crippen LogP contribution in [0.5, 0.6) is 11.5 Å². The van der Waals surface area contributed by atoms with Crippen molar-refractivity contribution in [2.45, 2.75) is 23.8 Å². The van der Waals surface area contributed by atoms with Gasteiger partial charge in [0.15, 0.2) is 4.90 Å². The number of nitrogens with two attached hydrogens (primary N) is 1. The predicted octanol–water partition coefficient (Wildman–Crippen LogP) is 1.14. The molecule has 1 aromatic carbocycles. The number of sulfonamides is 1. The second-order valence-electron chi connectivity index (χ2n) is 4.79. The maximum absolute atomic E-state index is 12.6. The van der Waals surface area contributed by atoms with E-state index in [0.717, 1.165) is 12.8 Å². The zero-order valence-corrected chi connectivity index (χ0v) is 13.7. The number of rotatable bonds is 7. The van der Waals surface area contributed by atoms with Crippen molar-refractivity contribution in [2.75, 3.05) is 20.8 Å². The molecular formula is C13H21ClN2O4S. The lowest BCUT2D eigenvalue weighted by atomic mass is 10.2. The summed E-state index contributed by atoms with van der Waals surface area (Å²) in [5, 5.41) is 0. The van der Waals surface area contributed by atoms with Crippen LogP contribution in [0.2, 0.25) is 0 Å². The van der Waals surface area contributed by atoms with Crippen LogP contribution in [-0.4, -0.2) is 35.2 Å². The van der Waals surface area contributed by atoms with Gasteiger partial charge in [0.25, 0.3) is 0 Å². The topological polar surface area (TPSA) is 90.6 Å². The monoisotopic (exact) mass is 336 g/mol. The van der Waals surface area contributed by atoms with E-state index in [1.807, 2.05) is 0 Å². The Balaban J connectivity index is 0.00000220. The van der Waals surface area contributed by atoms with Crippen LogP contribution in [0, 0.1) is 5.92 Å². The van der Waals surface area contributed by atoms with E-state index in [9.17, 15) is 8.42 Å². The predicted molar refractivity (Wildman–Crippen MR) is 82.7 cm³/mol. The Morgan fingerprint density at radius 3 is 2.19 bits per heavy atom. The highest BCUT2D eigenvalue weighted by Crippen LogP contribution is 2.36. The summed E-state index contributed by atoms with van der Waals surface area (Å²) in [7, 11) is -0.891. The van der Waals surface area contributed by atoms with Gasteiger partial charge in [-0.2, -0.15) is 0 Å². The fourth-order valence-corrected chi connectivity index (χ4v) is 3.81. The molecule has 0 radical (unpaired) electrons. The lowest BCUT2D eigenvalue weighted by Crippen LogP contribution is -2.41. The zero-order chi connectivity index (χ0) is 14.8. The average Bonchev–Trinajstić information content (AvgIpc) is 3.28. The second kappa shape index (κ2) is 7.31. The Bertz CT molecular complexity index is 553. The lowest BCUT2D eigenvalue weighted by molar-refractivity contribution is 0.372. The van der Waals surface area contributed by atoms with Gasteiger partial charge in [0.05, 0.1) is 14.2 Å². The summed E-state index contributed by atoms with van der Waals surface area (Å²) in [5.41, 5.74) is 5.65. The standard InChI is InChI=1S/C13H20N2O4S.ClH/c1-18-11-4-3-5-12(19-2)13(11)20(16,17)15-10(8-14)9-6-7-9;/h3-5,9-10,15H,6-8,14H2,1-2H3;1H. The molecule has 0 spiro atoms. The first-order valence-corrected chi connectivity index (χ1v) is 7.95. The smallest absolute Gasteiger partial charge is 0.248 e. The quantitative estimate of drug-likeness (QED) is 0.779. The molecule has 0 bridgehead atoms. The molecule has 120 valence electrons. The van der Waals surface area contributed by atoms with Crippen LogP contribution in [-0.2, 0) is 10.0 Å².